The molecule has 1 aromatic carbocycles. The fourth-order valence-corrected chi connectivity index (χ4v) is 2.47. The highest BCUT2D eigenvalue weighted by atomic mass is 32.2. The molecule has 0 heterocycles. The van der Waals surface area contributed by atoms with Gasteiger partial charge >= 0.3 is 0 Å². The van der Waals surface area contributed by atoms with E-state index in [1.165, 1.54) is 0 Å². The summed E-state index contributed by atoms with van der Waals surface area (Å²) < 4.78 is 28.2. The Bertz CT molecular complexity index is 452. The zero-order chi connectivity index (χ0) is 13.1. The van der Waals surface area contributed by atoms with Crippen LogP contribution in [0.5, 0.6) is 5.75 Å². The summed E-state index contributed by atoms with van der Waals surface area (Å²) in [5.41, 5.74) is 1.01. The third-order valence-electron chi connectivity index (χ3n) is 2.75. The predicted octanol–water partition coefficient (Wildman–Crippen LogP) is 2.45. The lowest BCUT2D eigenvalue weighted by atomic mass is 10.2. The summed E-state index contributed by atoms with van der Waals surface area (Å²) in [5.74, 6) is 0.968. The van der Waals surface area contributed by atoms with E-state index in [1.807, 2.05) is 24.3 Å². The SMILES string of the molecule is COc1ccc(CCS(=O)(=O)C(C)(C)C)cc1. The minimum atomic E-state index is -3.04. The maximum Gasteiger partial charge on any atom is 0.155 e. The number of hydrogen-bond acceptors (Lipinski definition) is 3. The number of hydrogen-bond donors (Lipinski definition) is 0. The maximum atomic E-state index is 11.9. The molecule has 4 heteroatoms. The van der Waals surface area contributed by atoms with Gasteiger partial charge in [-0.3, -0.25) is 0 Å². The molecule has 17 heavy (non-hydrogen) atoms. The fourth-order valence-electron chi connectivity index (χ4n) is 1.35. The molecule has 0 N–H and O–H groups in total. The molecule has 0 saturated carbocycles. The summed E-state index contributed by atoms with van der Waals surface area (Å²) in [6.07, 6.45) is 0.545. The standard InChI is InChI=1S/C13H20O3S/c1-13(2,3)17(14,15)10-9-11-5-7-12(16-4)8-6-11/h5-8H,9-10H2,1-4H3. The highest BCUT2D eigenvalue weighted by molar-refractivity contribution is 7.92. The van der Waals surface area contributed by atoms with Gasteiger partial charge in [-0.25, -0.2) is 8.42 Å². The molecule has 0 amide bonds. The molecule has 0 aromatic heterocycles. The number of methoxy groups -OCH3 is 1. The van der Waals surface area contributed by atoms with E-state index in [0.717, 1.165) is 11.3 Å². The second-order valence-corrected chi connectivity index (χ2v) is 7.89. The van der Waals surface area contributed by atoms with E-state index >= 15 is 0 Å². The minimum Gasteiger partial charge on any atom is -0.497 e. The van der Waals surface area contributed by atoms with Crippen LogP contribution in [0.3, 0.4) is 0 Å². The molecule has 0 aliphatic rings. The largest absolute Gasteiger partial charge is 0.497 e. The first-order valence-corrected chi connectivity index (χ1v) is 7.27. The third kappa shape index (κ3) is 3.73. The molecule has 0 radical (unpaired) electrons. The van der Waals surface area contributed by atoms with E-state index in [9.17, 15) is 8.42 Å². The Hall–Kier alpha value is -1.03. The van der Waals surface area contributed by atoms with Gasteiger partial charge in [0.15, 0.2) is 9.84 Å². The third-order valence-corrected chi connectivity index (χ3v) is 5.36. The van der Waals surface area contributed by atoms with Gasteiger partial charge in [0.1, 0.15) is 5.75 Å². The first kappa shape index (κ1) is 14.0. The topological polar surface area (TPSA) is 43.4 Å². The van der Waals surface area contributed by atoms with Crippen LogP contribution in [0.15, 0.2) is 24.3 Å². The van der Waals surface area contributed by atoms with E-state index in [4.69, 9.17) is 4.74 Å². The van der Waals surface area contributed by atoms with Crippen molar-refractivity contribution >= 4 is 9.84 Å². The summed E-state index contributed by atoms with van der Waals surface area (Å²) in [6, 6.07) is 7.49. The zero-order valence-corrected chi connectivity index (χ0v) is 11.7. The van der Waals surface area contributed by atoms with E-state index in [1.54, 1.807) is 27.9 Å². The Morgan fingerprint density at radius 2 is 1.65 bits per heavy atom. The molecule has 3 nitrogen and oxygen atoms in total. The lowest BCUT2D eigenvalue weighted by molar-refractivity contribution is 0.414. The molecule has 1 rings (SSSR count). The second-order valence-electron chi connectivity index (χ2n) is 5.03. The average molecular weight is 256 g/mol. The first-order chi connectivity index (χ1) is 7.76. The molecular formula is C13H20O3S. The van der Waals surface area contributed by atoms with Crippen molar-refractivity contribution in [1.82, 2.24) is 0 Å². The number of aryl methyl sites for hydroxylation is 1. The van der Waals surface area contributed by atoms with Crippen LogP contribution < -0.4 is 4.74 Å². The Labute approximate surface area is 104 Å². The molecule has 0 spiro atoms. The monoisotopic (exact) mass is 256 g/mol. The zero-order valence-electron chi connectivity index (χ0n) is 10.9. The fraction of sp³-hybridized carbons (Fsp3) is 0.538. The highest BCUT2D eigenvalue weighted by Gasteiger charge is 2.28. The van der Waals surface area contributed by atoms with Gasteiger partial charge < -0.3 is 4.74 Å². The van der Waals surface area contributed by atoms with Crippen LogP contribution in [0.2, 0.25) is 0 Å². The van der Waals surface area contributed by atoms with Crippen LogP contribution in [0.4, 0.5) is 0 Å². The summed E-state index contributed by atoms with van der Waals surface area (Å²) in [7, 11) is -1.43. The molecule has 0 saturated heterocycles. The van der Waals surface area contributed by atoms with Crippen LogP contribution in [-0.2, 0) is 16.3 Å². The van der Waals surface area contributed by atoms with Crippen LogP contribution in [0.1, 0.15) is 26.3 Å². The number of rotatable bonds is 4. The molecule has 0 fully saturated rings. The number of sulfone groups is 1. The molecule has 0 unspecified atom stereocenters. The molecule has 1 aromatic rings. The minimum absolute atomic E-state index is 0.183. The van der Waals surface area contributed by atoms with Gasteiger partial charge in [-0.15, -0.1) is 0 Å². The van der Waals surface area contributed by atoms with E-state index < -0.39 is 14.6 Å². The van der Waals surface area contributed by atoms with Gasteiger partial charge in [0.2, 0.25) is 0 Å². The van der Waals surface area contributed by atoms with Gasteiger partial charge in [0.25, 0.3) is 0 Å². The van der Waals surface area contributed by atoms with E-state index in [0.29, 0.717) is 6.42 Å². The van der Waals surface area contributed by atoms with E-state index in [-0.39, 0.29) is 5.75 Å². The summed E-state index contributed by atoms with van der Waals surface area (Å²) in [5, 5.41) is 0. The van der Waals surface area contributed by atoms with Gasteiger partial charge in [0, 0.05) is 0 Å². The van der Waals surface area contributed by atoms with Crippen LogP contribution in [0.25, 0.3) is 0 Å². The average Bonchev–Trinajstić information content (AvgIpc) is 2.25. The summed E-state index contributed by atoms with van der Waals surface area (Å²) in [6.45, 7) is 5.20. The van der Waals surface area contributed by atoms with Crippen molar-refractivity contribution in [3.05, 3.63) is 29.8 Å². The molecular weight excluding hydrogens is 236 g/mol. The molecule has 0 aliphatic heterocycles. The smallest absolute Gasteiger partial charge is 0.155 e. The lowest BCUT2D eigenvalue weighted by Gasteiger charge is -2.19. The Balaban J connectivity index is 2.68. The van der Waals surface area contributed by atoms with Crippen molar-refractivity contribution in [2.24, 2.45) is 0 Å². The van der Waals surface area contributed by atoms with Crippen molar-refractivity contribution in [1.29, 1.82) is 0 Å². The Kier molecular flexibility index (Phi) is 4.20. The van der Waals surface area contributed by atoms with E-state index in [2.05, 4.69) is 0 Å². The normalized spacial score (nSPS) is 12.5. The number of ether oxygens (including phenoxy) is 1. The Morgan fingerprint density at radius 1 is 1.12 bits per heavy atom. The summed E-state index contributed by atoms with van der Waals surface area (Å²) >= 11 is 0. The van der Waals surface area contributed by atoms with Crippen molar-refractivity contribution in [3.63, 3.8) is 0 Å². The number of benzene rings is 1. The molecule has 0 aliphatic carbocycles. The lowest BCUT2D eigenvalue weighted by Crippen LogP contribution is -2.31. The van der Waals surface area contributed by atoms with Crippen LogP contribution in [0, 0.1) is 0 Å². The van der Waals surface area contributed by atoms with Crippen molar-refractivity contribution in [3.8, 4) is 5.75 Å². The van der Waals surface area contributed by atoms with Crippen molar-refractivity contribution in [2.45, 2.75) is 31.9 Å². The van der Waals surface area contributed by atoms with Crippen LogP contribution in [-0.4, -0.2) is 26.0 Å². The van der Waals surface area contributed by atoms with Gasteiger partial charge in [0.05, 0.1) is 17.6 Å². The maximum absolute atomic E-state index is 11.9. The predicted molar refractivity (Wildman–Crippen MR) is 70.2 cm³/mol. The Morgan fingerprint density at radius 3 is 2.06 bits per heavy atom. The molecule has 0 bridgehead atoms. The first-order valence-electron chi connectivity index (χ1n) is 5.61. The van der Waals surface area contributed by atoms with Gasteiger partial charge in [-0.2, -0.15) is 0 Å². The second kappa shape index (κ2) is 5.08. The van der Waals surface area contributed by atoms with Crippen molar-refractivity contribution < 1.29 is 13.2 Å². The van der Waals surface area contributed by atoms with Gasteiger partial charge in [-0.1, -0.05) is 12.1 Å². The molecule has 0 atom stereocenters. The van der Waals surface area contributed by atoms with Crippen LogP contribution >= 0.6 is 0 Å². The van der Waals surface area contributed by atoms with Gasteiger partial charge in [-0.05, 0) is 44.9 Å². The highest BCUT2D eigenvalue weighted by Crippen LogP contribution is 2.18. The molecule has 96 valence electrons. The quantitative estimate of drug-likeness (QED) is 0.831. The van der Waals surface area contributed by atoms with Crippen molar-refractivity contribution in [2.75, 3.05) is 12.9 Å². The summed E-state index contributed by atoms with van der Waals surface area (Å²) in [4.78, 5) is 0.